The lowest BCUT2D eigenvalue weighted by molar-refractivity contribution is 0.247. The Balaban J connectivity index is 0.000000861. The van der Waals surface area contributed by atoms with E-state index < -0.39 is 0 Å². The lowest BCUT2D eigenvalue weighted by Gasteiger charge is -2.07. The fourth-order valence-corrected chi connectivity index (χ4v) is 1.47. The molecule has 0 spiro atoms. The van der Waals surface area contributed by atoms with Crippen molar-refractivity contribution in [2.24, 2.45) is 0 Å². The minimum atomic E-state index is 0.677. The zero-order valence-electron chi connectivity index (χ0n) is 11.7. The van der Waals surface area contributed by atoms with E-state index in [9.17, 15) is 0 Å². The summed E-state index contributed by atoms with van der Waals surface area (Å²) in [5.74, 6) is 1.82. The standard InChI is InChI=1S/C15H16O2.C2H6/c1-3-8-14(9-4-1)16-12-7-13-17-15-10-5-2-6-11-15;1-2/h1-6,8-11H,7,12-13H2;1-2H3. The third kappa shape index (κ3) is 6.51. The molecule has 0 aliphatic rings. The van der Waals surface area contributed by atoms with Gasteiger partial charge in [-0.15, -0.1) is 0 Å². The van der Waals surface area contributed by atoms with Crippen molar-refractivity contribution in [2.75, 3.05) is 13.2 Å². The van der Waals surface area contributed by atoms with Crippen molar-refractivity contribution in [3.05, 3.63) is 60.7 Å². The molecule has 0 amide bonds. The van der Waals surface area contributed by atoms with Gasteiger partial charge in [-0.3, -0.25) is 0 Å². The van der Waals surface area contributed by atoms with E-state index in [0.29, 0.717) is 13.2 Å². The van der Waals surface area contributed by atoms with E-state index in [0.717, 1.165) is 17.9 Å². The molecule has 2 nitrogen and oxygen atoms in total. The summed E-state index contributed by atoms with van der Waals surface area (Å²) in [5, 5.41) is 0. The zero-order valence-corrected chi connectivity index (χ0v) is 11.7. The maximum Gasteiger partial charge on any atom is 0.119 e. The van der Waals surface area contributed by atoms with Gasteiger partial charge in [0.1, 0.15) is 11.5 Å². The van der Waals surface area contributed by atoms with E-state index in [1.807, 2.05) is 74.5 Å². The average molecular weight is 258 g/mol. The summed E-state index contributed by atoms with van der Waals surface area (Å²) in [5.41, 5.74) is 0. The summed E-state index contributed by atoms with van der Waals surface area (Å²) in [6.07, 6.45) is 0.879. The fourth-order valence-electron chi connectivity index (χ4n) is 1.47. The van der Waals surface area contributed by atoms with Gasteiger partial charge in [0.25, 0.3) is 0 Å². The van der Waals surface area contributed by atoms with Gasteiger partial charge in [0.2, 0.25) is 0 Å². The van der Waals surface area contributed by atoms with Crippen LogP contribution >= 0.6 is 0 Å². The number of hydrogen-bond acceptors (Lipinski definition) is 2. The highest BCUT2D eigenvalue weighted by Crippen LogP contribution is 2.10. The maximum atomic E-state index is 5.56. The lowest BCUT2D eigenvalue weighted by Crippen LogP contribution is -2.04. The van der Waals surface area contributed by atoms with Crippen LogP contribution in [-0.2, 0) is 0 Å². The Bertz CT molecular complexity index is 370. The van der Waals surface area contributed by atoms with Gasteiger partial charge in [-0.05, 0) is 24.3 Å². The molecule has 0 bridgehead atoms. The second-order valence-electron chi connectivity index (χ2n) is 3.68. The maximum absolute atomic E-state index is 5.56. The number of rotatable bonds is 6. The Morgan fingerprint density at radius 3 is 1.37 bits per heavy atom. The molecule has 0 saturated carbocycles. The summed E-state index contributed by atoms with van der Waals surface area (Å²) in [6.45, 7) is 5.35. The Morgan fingerprint density at radius 1 is 0.632 bits per heavy atom. The van der Waals surface area contributed by atoms with Crippen LogP contribution in [0.4, 0.5) is 0 Å². The van der Waals surface area contributed by atoms with Gasteiger partial charge in [0, 0.05) is 6.42 Å². The first-order valence-electron chi connectivity index (χ1n) is 6.81. The summed E-state index contributed by atoms with van der Waals surface area (Å²) in [4.78, 5) is 0. The highest BCUT2D eigenvalue weighted by atomic mass is 16.5. The zero-order chi connectivity index (χ0) is 13.8. The molecule has 0 aromatic heterocycles. The van der Waals surface area contributed by atoms with Crippen LogP contribution in [0, 0.1) is 0 Å². The monoisotopic (exact) mass is 258 g/mol. The first-order valence-corrected chi connectivity index (χ1v) is 6.81. The molecule has 2 heteroatoms. The molecule has 0 aliphatic carbocycles. The summed E-state index contributed by atoms with van der Waals surface area (Å²) in [7, 11) is 0. The van der Waals surface area contributed by atoms with E-state index in [2.05, 4.69) is 0 Å². The van der Waals surface area contributed by atoms with E-state index in [-0.39, 0.29) is 0 Å². The Hall–Kier alpha value is -1.96. The van der Waals surface area contributed by atoms with E-state index in [1.165, 1.54) is 0 Å². The van der Waals surface area contributed by atoms with Gasteiger partial charge in [-0.2, -0.15) is 0 Å². The van der Waals surface area contributed by atoms with Gasteiger partial charge in [0.05, 0.1) is 13.2 Å². The van der Waals surface area contributed by atoms with Crippen LogP contribution < -0.4 is 9.47 Å². The van der Waals surface area contributed by atoms with Gasteiger partial charge >= 0.3 is 0 Å². The molecule has 2 aromatic carbocycles. The molecule has 0 N–H and O–H groups in total. The summed E-state index contributed by atoms with van der Waals surface area (Å²) >= 11 is 0. The molecule has 102 valence electrons. The van der Waals surface area contributed by atoms with Crippen molar-refractivity contribution in [1.82, 2.24) is 0 Å². The van der Waals surface area contributed by atoms with Crippen LogP contribution in [0.25, 0.3) is 0 Å². The van der Waals surface area contributed by atoms with Gasteiger partial charge in [-0.25, -0.2) is 0 Å². The number of hydrogen-bond donors (Lipinski definition) is 0. The van der Waals surface area contributed by atoms with Crippen LogP contribution in [-0.4, -0.2) is 13.2 Å². The molecular weight excluding hydrogens is 236 g/mol. The Kier molecular flexibility index (Phi) is 7.95. The molecule has 19 heavy (non-hydrogen) atoms. The predicted octanol–water partition coefficient (Wildman–Crippen LogP) is 4.56. The van der Waals surface area contributed by atoms with Crippen LogP contribution in [0.3, 0.4) is 0 Å². The van der Waals surface area contributed by atoms with Crippen LogP contribution in [0.5, 0.6) is 11.5 Å². The number of benzene rings is 2. The second-order valence-corrected chi connectivity index (χ2v) is 3.68. The topological polar surface area (TPSA) is 18.5 Å². The first kappa shape index (κ1) is 15.1. The SMILES string of the molecule is CC.c1ccc(OCCCOc2ccccc2)cc1. The van der Waals surface area contributed by atoms with Crippen LogP contribution in [0.2, 0.25) is 0 Å². The Labute approximate surface area is 116 Å². The highest BCUT2D eigenvalue weighted by Gasteiger charge is 1.93. The fraction of sp³-hybridized carbons (Fsp3) is 0.294. The second kappa shape index (κ2) is 10.0. The molecule has 0 aliphatic heterocycles. The predicted molar refractivity (Wildman–Crippen MR) is 79.8 cm³/mol. The van der Waals surface area contributed by atoms with Crippen molar-refractivity contribution in [3.63, 3.8) is 0 Å². The van der Waals surface area contributed by atoms with Crippen LogP contribution in [0.1, 0.15) is 20.3 Å². The molecule has 0 unspecified atom stereocenters. The molecule has 0 heterocycles. The Morgan fingerprint density at radius 2 is 1.00 bits per heavy atom. The van der Waals surface area contributed by atoms with Crippen molar-refractivity contribution in [2.45, 2.75) is 20.3 Å². The van der Waals surface area contributed by atoms with Crippen LogP contribution in [0.15, 0.2) is 60.7 Å². The molecule has 0 radical (unpaired) electrons. The molecule has 0 fully saturated rings. The average Bonchev–Trinajstić information content (AvgIpc) is 2.51. The minimum Gasteiger partial charge on any atom is -0.493 e. The van der Waals surface area contributed by atoms with Gasteiger partial charge < -0.3 is 9.47 Å². The molecule has 2 rings (SSSR count). The smallest absolute Gasteiger partial charge is 0.119 e. The summed E-state index contributed by atoms with van der Waals surface area (Å²) < 4.78 is 11.1. The first-order chi connectivity index (χ1) is 9.45. The normalized spacial score (nSPS) is 9.16. The minimum absolute atomic E-state index is 0.677. The molecule has 0 saturated heterocycles. The highest BCUT2D eigenvalue weighted by molar-refractivity contribution is 5.21. The number of ether oxygens (including phenoxy) is 2. The molecular formula is C17H22O2. The van der Waals surface area contributed by atoms with E-state index >= 15 is 0 Å². The van der Waals surface area contributed by atoms with Crippen molar-refractivity contribution in [1.29, 1.82) is 0 Å². The summed E-state index contributed by atoms with van der Waals surface area (Å²) in [6, 6.07) is 19.7. The third-order valence-electron chi connectivity index (χ3n) is 2.31. The van der Waals surface area contributed by atoms with Gasteiger partial charge in [-0.1, -0.05) is 50.2 Å². The molecule has 0 atom stereocenters. The third-order valence-corrected chi connectivity index (χ3v) is 2.31. The largest absolute Gasteiger partial charge is 0.493 e. The quantitative estimate of drug-likeness (QED) is 0.707. The van der Waals surface area contributed by atoms with E-state index in [4.69, 9.17) is 9.47 Å². The van der Waals surface area contributed by atoms with Crippen molar-refractivity contribution in [3.8, 4) is 11.5 Å². The van der Waals surface area contributed by atoms with Crippen molar-refractivity contribution >= 4 is 0 Å². The van der Waals surface area contributed by atoms with E-state index in [1.54, 1.807) is 0 Å². The van der Waals surface area contributed by atoms with Gasteiger partial charge in [0.15, 0.2) is 0 Å². The van der Waals surface area contributed by atoms with Crippen molar-refractivity contribution < 1.29 is 9.47 Å². The number of para-hydroxylation sites is 2. The molecule has 2 aromatic rings. The lowest BCUT2D eigenvalue weighted by atomic mass is 10.3.